The second-order valence-electron chi connectivity index (χ2n) is 6.96. The molecule has 1 atom stereocenters. The number of nitrogens with zero attached hydrogens (tertiary/aromatic N) is 1. The Hall–Kier alpha value is -3.44. The van der Waals surface area contributed by atoms with Gasteiger partial charge in [0.25, 0.3) is 0 Å². The zero-order chi connectivity index (χ0) is 22.9. The summed E-state index contributed by atoms with van der Waals surface area (Å²) in [5, 5.41) is 15.8. The molecule has 0 saturated carbocycles. The summed E-state index contributed by atoms with van der Waals surface area (Å²) in [5.41, 5.74) is 1.96. The van der Waals surface area contributed by atoms with Gasteiger partial charge in [0.1, 0.15) is 11.5 Å². The van der Waals surface area contributed by atoms with Gasteiger partial charge in [0.15, 0.2) is 0 Å². The number of benzene rings is 2. The van der Waals surface area contributed by atoms with Crippen molar-refractivity contribution in [2.75, 3.05) is 24.3 Å². The van der Waals surface area contributed by atoms with Crippen molar-refractivity contribution in [2.45, 2.75) is 26.2 Å². The molecule has 2 aromatic carbocycles. The highest BCUT2D eigenvalue weighted by Gasteiger charge is 2.29. The number of hydrogen-bond acceptors (Lipinski definition) is 6. The fraction of sp³-hybridized carbons (Fsp3) is 0.292. The molecule has 0 saturated heterocycles. The molecule has 2 N–H and O–H groups in total. The molecule has 0 bridgehead atoms. The number of hydrogen-bond donors (Lipinski definition) is 2. The monoisotopic (exact) mass is 451 g/mol. The molecule has 2 amide bonds. The Kier molecular flexibility index (Phi) is 8.17. The summed E-state index contributed by atoms with van der Waals surface area (Å²) in [6.07, 6.45) is 0.180. The summed E-state index contributed by atoms with van der Waals surface area (Å²) in [6, 6.07) is 16.7. The van der Waals surface area contributed by atoms with Gasteiger partial charge in [-0.1, -0.05) is 23.9 Å². The molecular weight excluding hydrogens is 426 g/mol. The van der Waals surface area contributed by atoms with Crippen molar-refractivity contribution in [1.82, 2.24) is 5.32 Å². The van der Waals surface area contributed by atoms with Crippen LogP contribution in [0.4, 0.5) is 5.69 Å². The van der Waals surface area contributed by atoms with Crippen LogP contribution in [0.5, 0.6) is 11.5 Å². The minimum absolute atomic E-state index is 0.0595. The molecule has 8 heteroatoms. The first-order chi connectivity index (χ1) is 15.5. The third-order valence-electron chi connectivity index (χ3n) is 4.75. The first-order valence-corrected chi connectivity index (χ1v) is 11.3. The maximum absolute atomic E-state index is 12.4. The van der Waals surface area contributed by atoms with E-state index in [2.05, 4.69) is 16.7 Å². The predicted octanol–water partition coefficient (Wildman–Crippen LogP) is 4.19. The van der Waals surface area contributed by atoms with Crippen molar-refractivity contribution in [2.24, 2.45) is 0 Å². The van der Waals surface area contributed by atoms with Gasteiger partial charge in [0.05, 0.1) is 35.6 Å². The molecule has 1 heterocycles. The number of ether oxygens (including phenoxy) is 2. The van der Waals surface area contributed by atoms with E-state index >= 15 is 0 Å². The maximum atomic E-state index is 12.4. The van der Waals surface area contributed by atoms with E-state index in [4.69, 9.17) is 9.47 Å². The molecule has 3 rings (SSSR count). The number of amides is 2. The first-order valence-electron chi connectivity index (χ1n) is 10.4. The number of nitriles is 1. The second-order valence-corrected chi connectivity index (χ2v) is 7.94. The fourth-order valence-electron chi connectivity index (χ4n) is 3.32. The summed E-state index contributed by atoms with van der Waals surface area (Å²) in [4.78, 5) is 24.7. The van der Waals surface area contributed by atoms with Crippen molar-refractivity contribution >= 4 is 29.3 Å². The van der Waals surface area contributed by atoms with Gasteiger partial charge in [-0.2, -0.15) is 5.26 Å². The van der Waals surface area contributed by atoms with Crippen molar-refractivity contribution in [3.63, 3.8) is 0 Å². The molecule has 0 radical (unpaired) electrons. The average Bonchev–Trinajstić information content (AvgIpc) is 2.79. The minimum atomic E-state index is -0.360. The number of anilines is 1. The van der Waals surface area contributed by atoms with Gasteiger partial charge >= 0.3 is 0 Å². The van der Waals surface area contributed by atoms with E-state index in [1.807, 2.05) is 38.1 Å². The molecule has 0 unspecified atom stereocenters. The largest absolute Gasteiger partial charge is 0.494 e. The summed E-state index contributed by atoms with van der Waals surface area (Å²) >= 11 is 1.15. The van der Waals surface area contributed by atoms with E-state index in [-0.39, 0.29) is 29.9 Å². The summed E-state index contributed by atoms with van der Waals surface area (Å²) in [6.45, 7) is 4.95. The third-order valence-corrected chi connectivity index (χ3v) is 5.76. The first kappa shape index (κ1) is 23.2. The molecule has 0 aromatic heterocycles. The van der Waals surface area contributed by atoms with E-state index in [1.54, 1.807) is 24.3 Å². The Balaban J connectivity index is 1.68. The lowest BCUT2D eigenvalue weighted by atomic mass is 9.87. The van der Waals surface area contributed by atoms with Crippen LogP contribution in [-0.4, -0.2) is 30.8 Å². The standard InChI is InChI=1S/C24H25N3O4S/c1-3-30-18-9-5-16(6-10-18)20-13-22(28)27-24(21(20)14-25)32-15-23(29)26-17-7-11-19(12-8-17)31-4-2/h5-12,20H,3-4,13,15H2,1-2H3,(H,26,29)(H,27,28)/t20-/m0/s1. The highest BCUT2D eigenvalue weighted by Crippen LogP contribution is 2.36. The Bertz CT molecular complexity index is 1030. The lowest BCUT2D eigenvalue weighted by molar-refractivity contribution is -0.121. The lowest BCUT2D eigenvalue weighted by Gasteiger charge is -2.25. The molecule has 0 fully saturated rings. The smallest absolute Gasteiger partial charge is 0.234 e. The van der Waals surface area contributed by atoms with Crippen LogP contribution in [0.2, 0.25) is 0 Å². The number of allylic oxidation sites excluding steroid dienone is 1. The molecule has 1 aliphatic rings. The van der Waals surface area contributed by atoms with Crippen molar-refractivity contribution < 1.29 is 19.1 Å². The summed E-state index contributed by atoms with van der Waals surface area (Å²) in [5.74, 6) is 0.748. The van der Waals surface area contributed by atoms with Crippen LogP contribution in [0.3, 0.4) is 0 Å². The second kappa shape index (κ2) is 11.3. The van der Waals surface area contributed by atoms with Gasteiger partial charge in [-0.05, 0) is 55.8 Å². The Labute approximate surface area is 191 Å². The highest BCUT2D eigenvalue weighted by molar-refractivity contribution is 8.03. The lowest BCUT2D eigenvalue weighted by Crippen LogP contribution is -2.31. The van der Waals surface area contributed by atoms with Gasteiger partial charge in [-0.3, -0.25) is 9.59 Å². The fourth-order valence-corrected chi connectivity index (χ4v) is 4.19. The topological polar surface area (TPSA) is 100 Å². The van der Waals surface area contributed by atoms with Gasteiger partial charge in [-0.15, -0.1) is 0 Å². The van der Waals surface area contributed by atoms with Gasteiger partial charge < -0.3 is 20.1 Å². The molecule has 7 nitrogen and oxygen atoms in total. The molecule has 166 valence electrons. The highest BCUT2D eigenvalue weighted by atomic mass is 32.2. The SMILES string of the molecule is CCOc1ccc(NC(=O)CSC2=C(C#N)[C@H](c3ccc(OCC)cc3)CC(=O)N2)cc1. The van der Waals surface area contributed by atoms with Crippen LogP contribution in [0.1, 0.15) is 31.7 Å². The number of thioether (sulfide) groups is 1. The van der Waals surface area contributed by atoms with E-state index in [1.165, 1.54) is 0 Å². The van der Waals surface area contributed by atoms with Crippen LogP contribution in [-0.2, 0) is 9.59 Å². The molecule has 0 aliphatic carbocycles. The number of nitrogens with one attached hydrogen (secondary N) is 2. The molecule has 0 spiro atoms. The van der Waals surface area contributed by atoms with Crippen LogP contribution in [0, 0.1) is 11.3 Å². The summed E-state index contributed by atoms with van der Waals surface area (Å²) < 4.78 is 10.9. The number of carbonyl (C=O) groups is 2. The summed E-state index contributed by atoms with van der Waals surface area (Å²) in [7, 11) is 0. The minimum Gasteiger partial charge on any atom is -0.494 e. The predicted molar refractivity (Wildman–Crippen MR) is 124 cm³/mol. The number of rotatable bonds is 9. The molecule has 2 aromatic rings. The quantitative estimate of drug-likeness (QED) is 0.593. The van der Waals surface area contributed by atoms with Gasteiger partial charge in [-0.25, -0.2) is 0 Å². The van der Waals surface area contributed by atoms with Crippen molar-refractivity contribution in [1.29, 1.82) is 5.26 Å². The molecule has 32 heavy (non-hydrogen) atoms. The molecule has 1 aliphatic heterocycles. The molecular formula is C24H25N3O4S. The van der Waals surface area contributed by atoms with Crippen LogP contribution in [0.25, 0.3) is 0 Å². The van der Waals surface area contributed by atoms with Crippen LogP contribution < -0.4 is 20.1 Å². The Morgan fingerprint density at radius 3 is 2.25 bits per heavy atom. The third kappa shape index (κ3) is 6.05. The zero-order valence-electron chi connectivity index (χ0n) is 18.0. The van der Waals surface area contributed by atoms with Gasteiger partial charge in [0.2, 0.25) is 11.8 Å². The van der Waals surface area contributed by atoms with Crippen LogP contribution >= 0.6 is 11.8 Å². The van der Waals surface area contributed by atoms with E-state index in [9.17, 15) is 14.9 Å². The number of carbonyl (C=O) groups excluding carboxylic acids is 2. The van der Waals surface area contributed by atoms with Crippen molar-refractivity contribution in [3.8, 4) is 17.6 Å². The Morgan fingerprint density at radius 1 is 1.09 bits per heavy atom. The normalized spacial score (nSPS) is 15.5. The van der Waals surface area contributed by atoms with E-state index < -0.39 is 0 Å². The Morgan fingerprint density at radius 2 is 1.69 bits per heavy atom. The maximum Gasteiger partial charge on any atom is 0.234 e. The average molecular weight is 452 g/mol. The van der Waals surface area contributed by atoms with E-state index in [0.717, 1.165) is 28.8 Å². The van der Waals surface area contributed by atoms with Gasteiger partial charge in [0, 0.05) is 18.0 Å². The zero-order valence-corrected chi connectivity index (χ0v) is 18.8. The van der Waals surface area contributed by atoms with Crippen LogP contribution in [0.15, 0.2) is 59.1 Å². The van der Waals surface area contributed by atoms with E-state index in [0.29, 0.717) is 29.5 Å². The van der Waals surface area contributed by atoms with Crippen molar-refractivity contribution in [3.05, 3.63) is 64.7 Å².